The third-order valence-electron chi connectivity index (χ3n) is 3.87. The molecule has 0 bridgehead atoms. The molecule has 3 N–H and O–H groups in total. The van der Waals surface area contributed by atoms with Crippen LogP contribution in [0, 0.1) is 0 Å². The van der Waals surface area contributed by atoms with Gasteiger partial charge in [0.1, 0.15) is 5.75 Å². The second-order valence-electron chi connectivity index (χ2n) is 5.89. The lowest BCUT2D eigenvalue weighted by molar-refractivity contribution is 0.0596. The number of amides is 1. The molecule has 3 aromatic carbocycles. The van der Waals surface area contributed by atoms with Crippen LogP contribution in [0.25, 0.3) is 0 Å². The van der Waals surface area contributed by atoms with Gasteiger partial charge in [0, 0.05) is 11.3 Å². The number of methoxy groups -OCH3 is 1. The Balaban J connectivity index is 1.54. The first kappa shape index (κ1) is 19.6. The zero-order valence-electron chi connectivity index (χ0n) is 15.5. The number of anilines is 2. The number of hydrogen-bond acceptors (Lipinski definition) is 7. The molecule has 8 heteroatoms. The largest absolute Gasteiger partial charge is 0.497 e. The minimum absolute atomic E-state index is 0.380. The highest BCUT2D eigenvalue weighted by atomic mass is 16.7. The highest BCUT2D eigenvalue weighted by molar-refractivity contribution is 5.95. The van der Waals surface area contributed by atoms with E-state index < -0.39 is 11.9 Å². The van der Waals surface area contributed by atoms with E-state index in [0.717, 1.165) is 0 Å². The summed E-state index contributed by atoms with van der Waals surface area (Å²) < 4.78 is 5.04. The molecule has 0 saturated carbocycles. The Morgan fingerprint density at radius 1 is 0.862 bits per heavy atom. The van der Waals surface area contributed by atoms with Gasteiger partial charge in [0.25, 0.3) is 5.91 Å². The van der Waals surface area contributed by atoms with Crippen molar-refractivity contribution in [3.05, 3.63) is 83.9 Å². The van der Waals surface area contributed by atoms with Gasteiger partial charge in [-0.15, -0.1) is 10.2 Å². The molecule has 0 spiro atoms. The number of benzene rings is 3. The average molecular weight is 390 g/mol. The van der Waals surface area contributed by atoms with E-state index in [9.17, 15) is 9.59 Å². The number of carbonyl (C=O) groups is 2. The van der Waals surface area contributed by atoms with E-state index in [4.69, 9.17) is 15.3 Å². The Bertz CT molecular complexity index is 1010. The predicted molar refractivity (Wildman–Crippen MR) is 108 cm³/mol. The van der Waals surface area contributed by atoms with Gasteiger partial charge in [-0.05, 0) is 72.8 Å². The Hall–Kier alpha value is -4.20. The minimum Gasteiger partial charge on any atom is -0.497 e. The van der Waals surface area contributed by atoms with Crippen LogP contribution in [0.4, 0.5) is 17.1 Å². The summed E-state index contributed by atoms with van der Waals surface area (Å²) in [6.45, 7) is 0. The summed E-state index contributed by atoms with van der Waals surface area (Å²) >= 11 is 0. The molecule has 0 heterocycles. The van der Waals surface area contributed by atoms with Crippen molar-refractivity contribution >= 4 is 28.9 Å². The number of ether oxygens (including phenoxy) is 1. The van der Waals surface area contributed by atoms with E-state index in [2.05, 4.69) is 15.7 Å². The van der Waals surface area contributed by atoms with Crippen LogP contribution in [0.3, 0.4) is 0 Å². The van der Waals surface area contributed by atoms with Gasteiger partial charge in [-0.1, -0.05) is 0 Å². The SMILES string of the molecule is COc1ccc(C(=O)ONc2ccc(N=NC(=O)c3ccc(N)cc3)cc2)cc1. The van der Waals surface area contributed by atoms with Crippen LogP contribution in [0.15, 0.2) is 83.0 Å². The van der Waals surface area contributed by atoms with Crippen molar-refractivity contribution < 1.29 is 19.2 Å². The molecule has 0 atom stereocenters. The van der Waals surface area contributed by atoms with Crippen LogP contribution in [0.2, 0.25) is 0 Å². The van der Waals surface area contributed by atoms with Crippen LogP contribution >= 0.6 is 0 Å². The zero-order chi connectivity index (χ0) is 20.6. The first-order chi connectivity index (χ1) is 14.0. The van der Waals surface area contributed by atoms with Crippen molar-refractivity contribution in [3.63, 3.8) is 0 Å². The highest BCUT2D eigenvalue weighted by Crippen LogP contribution is 2.18. The summed E-state index contributed by atoms with van der Waals surface area (Å²) in [7, 11) is 1.55. The molecule has 3 rings (SSSR count). The number of nitrogen functional groups attached to an aromatic ring is 1. The summed E-state index contributed by atoms with van der Waals surface area (Å²) in [5, 5.41) is 7.58. The lowest BCUT2D eigenvalue weighted by Crippen LogP contribution is -2.10. The van der Waals surface area contributed by atoms with Gasteiger partial charge in [0.05, 0.1) is 24.0 Å². The fraction of sp³-hybridized carbons (Fsp3) is 0.0476. The Kier molecular flexibility index (Phi) is 6.16. The van der Waals surface area contributed by atoms with Gasteiger partial charge >= 0.3 is 5.97 Å². The number of azo groups is 1. The molecule has 0 unspecified atom stereocenters. The third kappa shape index (κ3) is 5.39. The fourth-order valence-corrected chi connectivity index (χ4v) is 2.27. The summed E-state index contributed by atoms with van der Waals surface area (Å²) in [5.74, 6) is -0.361. The van der Waals surface area contributed by atoms with Crippen molar-refractivity contribution in [2.45, 2.75) is 0 Å². The van der Waals surface area contributed by atoms with Crippen molar-refractivity contribution in [1.29, 1.82) is 0 Å². The van der Waals surface area contributed by atoms with E-state index in [1.807, 2.05) is 0 Å². The normalized spacial score (nSPS) is 10.5. The summed E-state index contributed by atoms with van der Waals surface area (Å²) in [5.41, 5.74) is 10.5. The zero-order valence-corrected chi connectivity index (χ0v) is 15.5. The minimum atomic E-state index is -0.537. The highest BCUT2D eigenvalue weighted by Gasteiger charge is 2.08. The van der Waals surface area contributed by atoms with Gasteiger partial charge in [0.15, 0.2) is 0 Å². The lowest BCUT2D eigenvalue weighted by Gasteiger charge is -2.07. The quantitative estimate of drug-likeness (QED) is 0.366. The molecule has 146 valence electrons. The molecule has 0 aromatic heterocycles. The lowest BCUT2D eigenvalue weighted by atomic mass is 10.2. The third-order valence-corrected chi connectivity index (χ3v) is 3.87. The molecule has 0 aliphatic carbocycles. The summed E-state index contributed by atoms with van der Waals surface area (Å²) in [4.78, 5) is 29.0. The maximum atomic E-state index is 12.0. The second kappa shape index (κ2) is 9.14. The van der Waals surface area contributed by atoms with Crippen molar-refractivity contribution in [1.82, 2.24) is 0 Å². The van der Waals surface area contributed by atoms with E-state index in [1.165, 1.54) is 0 Å². The molecular weight excluding hydrogens is 372 g/mol. The van der Waals surface area contributed by atoms with Crippen molar-refractivity contribution in [2.75, 3.05) is 18.3 Å². The molecule has 0 fully saturated rings. The molecule has 8 nitrogen and oxygen atoms in total. The molecule has 29 heavy (non-hydrogen) atoms. The topological polar surface area (TPSA) is 115 Å². The number of carbonyl (C=O) groups excluding carboxylic acids is 2. The Morgan fingerprint density at radius 3 is 2.10 bits per heavy atom. The first-order valence-electron chi connectivity index (χ1n) is 8.58. The van der Waals surface area contributed by atoms with Gasteiger partial charge in [-0.3, -0.25) is 4.79 Å². The molecule has 0 aliphatic rings. The van der Waals surface area contributed by atoms with Gasteiger partial charge in [-0.2, -0.15) is 0 Å². The predicted octanol–water partition coefficient (Wildman–Crippen LogP) is 4.39. The summed E-state index contributed by atoms with van der Waals surface area (Å²) in [6.07, 6.45) is 0. The first-order valence-corrected chi connectivity index (χ1v) is 8.58. The molecule has 0 radical (unpaired) electrons. The van der Waals surface area contributed by atoms with E-state index >= 15 is 0 Å². The Morgan fingerprint density at radius 2 is 1.48 bits per heavy atom. The number of hydrogen-bond donors (Lipinski definition) is 2. The smallest absolute Gasteiger partial charge is 0.362 e. The standard InChI is InChI=1S/C21H18N4O4/c1-28-19-12-4-15(5-13-19)21(27)29-25-18-10-8-17(9-11-18)23-24-20(26)14-2-6-16(22)7-3-14/h2-13,25H,22H2,1H3. The van der Waals surface area contributed by atoms with Crippen LogP contribution < -0.4 is 16.0 Å². The molecule has 0 saturated heterocycles. The van der Waals surface area contributed by atoms with E-state index in [-0.39, 0.29) is 0 Å². The number of nitrogens with zero attached hydrogens (tertiary/aromatic N) is 2. The molecule has 1 amide bonds. The van der Waals surface area contributed by atoms with Gasteiger partial charge in [-0.25, -0.2) is 10.3 Å². The number of nitrogens with one attached hydrogen (secondary N) is 1. The van der Waals surface area contributed by atoms with E-state index in [1.54, 1.807) is 79.9 Å². The van der Waals surface area contributed by atoms with Crippen LogP contribution in [-0.2, 0) is 4.84 Å². The summed E-state index contributed by atoms with van der Waals surface area (Å²) in [6, 6.07) is 19.5. The van der Waals surface area contributed by atoms with Crippen LogP contribution in [0.5, 0.6) is 5.75 Å². The van der Waals surface area contributed by atoms with Gasteiger partial charge < -0.3 is 15.3 Å². The van der Waals surface area contributed by atoms with E-state index in [0.29, 0.717) is 33.9 Å². The van der Waals surface area contributed by atoms with Crippen LogP contribution in [-0.4, -0.2) is 19.0 Å². The van der Waals surface area contributed by atoms with Crippen LogP contribution in [0.1, 0.15) is 20.7 Å². The molecular formula is C21H18N4O4. The number of rotatable bonds is 6. The molecule has 0 aliphatic heterocycles. The average Bonchev–Trinajstić information content (AvgIpc) is 2.77. The fourth-order valence-electron chi connectivity index (χ4n) is 2.27. The maximum absolute atomic E-state index is 12.0. The van der Waals surface area contributed by atoms with Crippen molar-refractivity contribution in [3.8, 4) is 5.75 Å². The Labute approximate surface area is 166 Å². The van der Waals surface area contributed by atoms with Gasteiger partial charge in [0.2, 0.25) is 0 Å². The van der Waals surface area contributed by atoms with Crippen molar-refractivity contribution in [2.24, 2.45) is 10.2 Å². The molecule has 3 aromatic rings. The monoisotopic (exact) mass is 390 g/mol. The second-order valence-corrected chi connectivity index (χ2v) is 5.89. The number of nitrogens with two attached hydrogens (primary N) is 1. The maximum Gasteiger partial charge on any atom is 0.362 e.